The molecule has 0 bridgehead atoms. The Labute approximate surface area is 175 Å². The summed E-state index contributed by atoms with van der Waals surface area (Å²) in [5, 5.41) is 12.0. The lowest BCUT2D eigenvalue weighted by Crippen LogP contribution is -2.50. The van der Waals surface area contributed by atoms with Crippen molar-refractivity contribution >= 4 is 17.4 Å². The minimum atomic E-state index is -0.177. The number of nitriles is 1. The average molecular weight is 398 g/mol. The Morgan fingerprint density at radius 1 is 0.833 bits per heavy atom. The number of para-hydroxylation sites is 2. The lowest BCUT2D eigenvalue weighted by atomic mass is 10.2. The Kier molecular flexibility index (Phi) is 5.81. The molecule has 2 amide bonds. The van der Waals surface area contributed by atoms with Gasteiger partial charge in [0, 0.05) is 31.9 Å². The highest BCUT2D eigenvalue weighted by molar-refractivity contribution is 5.91. The maximum atomic E-state index is 12.6. The molecule has 1 saturated heterocycles. The first-order valence-corrected chi connectivity index (χ1v) is 9.86. The molecule has 6 nitrogen and oxygen atoms in total. The van der Waals surface area contributed by atoms with E-state index in [1.54, 1.807) is 29.2 Å². The smallest absolute Gasteiger partial charge is 0.322 e. The number of anilines is 2. The van der Waals surface area contributed by atoms with Gasteiger partial charge in [0.1, 0.15) is 17.6 Å². The number of hydrogen-bond donors (Lipinski definition) is 1. The molecule has 0 aromatic heterocycles. The van der Waals surface area contributed by atoms with E-state index in [9.17, 15) is 10.1 Å². The molecule has 1 aliphatic rings. The maximum Gasteiger partial charge on any atom is 0.322 e. The molecule has 1 aliphatic heterocycles. The largest absolute Gasteiger partial charge is 0.457 e. The Balaban J connectivity index is 1.32. The van der Waals surface area contributed by atoms with E-state index in [4.69, 9.17) is 4.74 Å². The molecule has 0 atom stereocenters. The number of nitrogens with one attached hydrogen (secondary N) is 1. The summed E-state index contributed by atoms with van der Waals surface area (Å²) in [4.78, 5) is 16.6. The number of hydrogen-bond acceptors (Lipinski definition) is 4. The Morgan fingerprint density at radius 2 is 1.47 bits per heavy atom. The molecule has 3 aromatic carbocycles. The van der Waals surface area contributed by atoms with Gasteiger partial charge >= 0.3 is 6.03 Å². The van der Waals surface area contributed by atoms with Crippen molar-refractivity contribution in [2.24, 2.45) is 0 Å². The van der Waals surface area contributed by atoms with Crippen molar-refractivity contribution < 1.29 is 9.53 Å². The Bertz CT molecular complexity index is 1040. The van der Waals surface area contributed by atoms with E-state index in [-0.39, 0.29) is 6.03 Å². The zero-order valence-corrected chi connectivity index (χ0v) is 16.5. The highest BCUT2D eigenvalue weighted by Crippen LogP contribution is 2.25. The molecule has 1 fully saturated rings. The second-order valence-corrected chi connectivity index (χ2v) is 6.97. The van der Waals surface area contributed by atoms with Gasteiger partial charge in [0.2, 0.25) is 0 Å². The third-order valence-electron chi connectivity index (χ3n) is 5.04. The van der Waals surface area contributed by atoms with Crippen LogP contribution in [0, 0.1) is 11.3 Å². The third kappa shape index (κ3) is 4.53. The molecular formula is C24H22N4O2. The van der Waals surface area contributed by atoms with Crippen LogP contribution in [0.1, 0.15) is 5.56 Å². The minimum Gasteiger partial charge on any atom is -0.457 e. The number of carbonyl (C=O) groups is 1. The van der Waals surface area contributed by atoms with E-state index in [0.29, 0.717) is 24.3 Å². The molecule has 1 heterocycles. The second kappa shape index (κ2) is 9.01. The van der Waals surface area contributed by atoms with Crippen molar-refractivity contribution in [2.75, 3.05) is 36.4 Å². The number of benzene rings is 3. The molecule has 3 aromatic rings. The summed E-state index contributed by atoms with van der Waals surface area (Å²) in [6, 6.07) is 26.6. The summed E-state index contributed by atoms with van der Waals surface area (Å²) < 4.78 is 5.84. The molecule has 0 unspecified atom stereocenters. The van der Waals surface area contributed by atoms with Crippen molar-refractivity contribution in [1.29, 1.82) is 5.26 Å². The molecule has 0 spiro atoms. The zero-order chi connectivity index (χ0) is 20.8. The van der Waals surface area contributed by atoms with Crippen LogP contribution in [-0.2, 0) is 0 Å². The fourth-order valence-electron chi connectivity index (χ4n) is 3.40. The van der Waals surface area contributed by atoms with Crippen LogP contribution in [0.4, 0.5) is 16.2 Å². The van der Waals surface area contributed by atoms with E-state index >= 15 is 0 Å². The van der Waals surface area contributed by atoms with Crippen molar-refractivity contribution in [2.45, 2.75) is 0 Å². The fourth-order valence-corrected chi connectivity index (χ4v) is 3.40. The van der Waals surface area contributed by atoms with E-state index in [1.165, 1.54) is 0 Å². The van der Waals surface area contributed by atoms with Gasteiger partial charge in [-0.3, -0.25) is 0 Å². The predicted molar refractivity (Wildman–Crippen MR) is 117 cm³/mol. The molecule has 150 valence electrons. The third-order valence-corrected chi connectivity index (χ3v) is 5.04. The van der Waals surface area contributed by atoms with E-state index in [2.05, 4.69) is 16.3 Å². The van der Waals surface area contributed by atoms with Crippen LogP contribution in [0.5, 0.6) is 11.5 Å². The average Bonchev–Trinajstić information content (AvgIpc) is 2.81. The van der Waals surface area contributed by atoms with Gasteiger partial charge in [-0.15, -0.1) is 0 Å². The van der Waals surface area contributed by atoms with Gasteiger partial charge in [-0.2, -0.15) is 5.26 Å². The van der Waals surface area contributed by atoms with Gasteiger partial charge in [-0.05, 0) is 48.5 Å². The van der Waals surface area contributed by atoms with Crippen LogP contribution in [0.2, 0.25) is 0 Å². The first-order chi connectivity index (χ1) is 14.7. The van der Waals surface area contributed by atoms with Gasteiger partial charge in [-0.25, -0.2) is 4.79 Å². The molecule has 30 heavy (non-hydrogen) atoms. The quantitative estimate of drug-likeness (QED) is 0.691. The van der Waals surface area contributed by atoms with Gasteiger partial charge in [-0.1, -0.05) is 30.3 Å². The van der Waals surface area contributed by atoms with E-state index < -0.39 is 0 Å². The van der Waals surface area contributed by atoms with Gasteiger partial charge in [0.15, 0.2) is 0 Å². The molecule has 1 N–H and O–H groups in total. The number of rotatable bonds is 4. The number of piperazine rings is 1. The van der Waals surface area contributed by atoms with Gasteiger partial charge in [0.25, 0.3) is 0 Å². The number of amides is 2. The Hall–Kier alpha value is -3.98. The SMILES string of the molecule is N#Cc1ccccc1NC(=O)N1CCN(c2ccc(Oc3ccccc3)cc2)CC1. The molecular weight excluding hydrogens is 376 g/mol. The number of nitrogens with zero attached hydrogens (tertiary/aromatic N) is 3. The van der Waals surface area contributed by atoms with E-state index in [1.807, 2.05) is 54.6 Å². The predicted octanol–water partition coefficient (Wildman–Crippen LogP) is 4.70. The summed E-state index contributed by atoms with van der Waals surface area (Å²) in [5.41, 5.74) is 2.11. The van der Waals surface area contributed by atoms with Crippen molar-refractivity contribution in [3.05, 3.63) is 84.4 Å². The standard InChI is InChI=1S/C24H22N4O2/c25-18-19-6-4-5-9-23(19)26-24(29)28-16-14-27(15-17-28)20-10-12-22(13-11-20)30-21-7-2-1-3-8-21/h1-13H,14-17H2,(H,26,29). The monoisotopic (exact) mass is 398 g/mol. The van der Waals surface area contributed by atoms with Gasteiger partial charge < -0.3 is 19.9 Å². The molecule has 0 saturated carbocycles. The Morgan fingerprint density at radius 3 is 2.17 bits per heavy atom. The lowest BCUT2D eigenvalue weighted by molar-refractivity contribution is 0.208. The minimum absolute atomic E-state index is 0.177. The first kappa shape index (κ1) is 19.3. The number of urea groups is 1. The van der Waals surface area contributed by atoms with E-state index in [0.717, 1.165) is 30.3 Å². The molecule has 0 radical (unpaired) electrons. The lowest BCUT2D eigenvalue weighted by Gasteiger charge is -2.36. The van der Waals surface area contributed by atoms with Crippen LogP contribution in [0.15, 0.2) is 78.9 Å². The highest BCUT2D eigenvalue weighted by atomic mass is 16.5. The summed E-state index contributed by atoms with van der Waals surface area (Å²) >= 11 is 0. The first-order valence-electron chi connectivity index (χ1n) is 9.86. The van der Waals surface area contributed by atoms with Crippen molar-refractivity contribution in [1.82, 2.24) is 4.90 Å². The second-order valence-electron chi connectivity index (χ2n) is 6.97. The summed E-state index contributed by atoms with van der Waals surface area (Å²) in [6.45, 7) is 2.71. The van der Waals surface area contributed by atoms with Crippen molar-refractivity contribution in [3.8, 4) is 17.6 Å². The van der Waals surface area contributed by atoms with Crippen LogP contribution < -0.4 is 15.0 Å². The van der Waals surface area contributed by atoms with Crippen LogP contribution >= 0.6 is 0 Å². The summed E-state index contributed by atoms with van der Waals surface area (Å²) in [5.74, 6) is 1.60. The molecule has 4 rings (SSSR count). The van der Waals surface area contributed by atoms with Gasteiger partial charge in [0.05, 0.1) is 11.3 Å². The topological polar surface area (TPSA) is 68.6 Å². The van der Waals surface area contributed by atoms with Crippen LogP contribution in [0.25, 0.3) is 0 Å². The van der Waals surface area contributed by atoms with Crippen LogP contribution in [0.3, 0.4) is 0 Å². The normalized spacial score (nSPS) is 13.4. The number of ether oxygens (including phenoxy) is 1. The summed E-state index contributed by atoms with van der Waals surface area (Å²) in [7, 11) is 0. The number of carbonyl (C=O) groups excluding carboxylic acids is 1. The maximum absolute atomic E-state index is 12.6. The highest BCUT2D eigenvalue weighted by Gasteiger charge is 2.22. The molecule has 0 aliphatic carbocycles. The fraction of sp³-hybridized carbons (Fsp3) is 0.167. The summed E-state index contributed by atoms with van der Waals surface area (Å²) in [6.07, 6.45) is 0. The molecule has 6 heteroatoms. The van der Waals surface area contributed by atoms with Crippen LogP contribution in [-0.4, -0.2) is 37.1 Å². The zero-order valence-electron chi connectivity index (χ0n) is 16.5. The van der Waals surface area contributed by atoms with Crippen molar-refractivity contribution in [3.63, 3.8) is 0 Å².